The first-order valence-corrected chi connectivity index (χ1v) is 9.84. The summed E-state index contributed by atoms with van der Waals surface area (Å²) in [5.74, 6) is -1.13. The largest absolute Gasteiger partial charge is 0.493 e. The van der Waals surface area contributed by atoms with Crippen molar-refractivity contribution in [3.63, 3.8) is 0 Å². The van der Waals surface area contributed by atoms with E-state index in [1.165, 1.54) is 18.1 Å². The van der Waals surface area contributed by atoms with E-state index in [1.54, 1.807) is 30.3 Å². The summed E-state index contributed by atoms with van der Waals surface area (Å²) in [7, 11) is 1.43. The minimum atomic E-state index is -0.624. The zero-order chi connectivity index (χ0) is 22.5. The molecule has 31 heavy (non-hydrogen) atoms. The minimum Gasteiger partial charge on any atom is -0.493 e. The molecule has 0 atom stereocenters. The third-order valence-electron chi connectivity index (χ3n) is 4.57. The number of ether oxygens (including phenoxy) is 2. The summed E-state index contributed by atoms with van der Waals surface area (Å²) >= 11 is 5.22. The molecule has 3 N–H and O–H groups in total. The highest BCUT2D eigenvalue weighted by Crippen LogP contribution is 2.30. The Morgan fingerprint density at radius 3 is 2.48 bits per heavy atom. The Hall–Kier alpha value is -3.72. The van der Waals surface area contributed by atoms with Gasteiger partial charge in [-0.3, -0.25) is 24.6 Å². The van der Waals surface area contributed by atoms with Gasteiger partial charge in [-0.2, -0.15) is 0 Å². The predicted molar refractivity (Wildman–Crippen MR) is 120 cm³/mol. The second-order valence-electron chi connectivity index (χ2n) is 6.64. The maximum atomic E-state index is 13.1. The zero-order valence-electron chi connectivity index (χ0n) is 17.0. The lowest BCUT2D eigenvalue weighted by Gasteiger charge is -2.29. The Kier molecular flexibility index (Phi) is 6.66. The van der Waals surface area contributed by atoms with Gasteiger partial charge in [0.2, 0.25) is 0 Å². The van der Waals surface area contributed by atoms with Crippen molar-refractivity contribution < 1.29 is 23.9 Å². The Morgan fingerprint density at radius 2 is 1.87 bits per heavy atom. The van der Waals surface area contributed by atoms with Crippen LogP contribution in [0, 0.1) is 0 Å². The molecule has 3 rings (SSSR count). The van der Waals surface area contributed by atoms with E-state index in [1.807, 2.05) is 19.1 Å². The van der Waals surface area contributed by atoms with E-state index in [9.17, 15) is 14.4 Å². The van der Waals surface area contributed by atoms with Gasteiger partial charge in [0.1, 0.15) is 5.57 Å². The lowest BCUT2D eigenvalue weighted by atomic mass is 10.1. The highest BCUT2D eigenvalue weighted by atomic mass is 32.1. The Balaban J connectivity index is 1.92. The number of carbonyl (C=O) groups excluding carboxylic acids is 3. The summed E-state index contributed by atoms with van der Waals surface area (Å²) in [6, 6.07) is 12.1. The summed E-state index contributed by atoms with van der Waals surface area (Å²) in [6.07, 6.45) is 2.30. The van der Waals surface area contributed by atoms with Crippen molar-refractivity contribution in [2.24, 2.45) is 5.73 Å². The van der Waals surface area contributed by atoms with Gasteiger partial charge in [0, 0.05) is 0 Å². The molecule has 1 heterocycles. The van der Waals surface area contributed by atoms with E-state index >= 15 is 0 Å². The average molecular weight is 439 g/mol. The van der Waals surface area contributed by atoms with Crippen LogP contribution in [0.2, 0.25) is 0 Å². The molecule has 1 fully saturated rings. The number of thiocarbonyl (C=S) groups is 1. The SMILES string of the molecule is CCc1ccc(N2C(=O)C(=Cc3ccc(OCC(N)=O)c(OC)c3)C(=O)NC2=S)cc1. The first-order valence-electron chi connectivity index (χ1n) is 9.43. The molecule has 1 saturated heterocycles. The molecule has 3 amide bonds. The number of nitrogens with zero attached hydrogens (tertiary/aromatic N) is 1. The lowest BCUT2D eigenvalue weighted by Crippen LogP contribution is -2.54. The van der Waals surface area contributed by atoms with Gasteiger partial charge in [0.15, 0.2) is 23.2 Å². The van der Waals surface area contributed by atoms with Crippen LogP contribution in [0.15, 0.2) is 48.0 Å². The Labute approximate surface area is 184 Å². The minimum absolute atomic E-state index is 0.0178. The number of nitrogens with one attached hydrogen (secondary N) is 1. The fourth-order valence-electron chi connectivity index (χ4n) is 2.98. The first kappa shape index (κ1) is 22.0. The number of carbonyl (C=O) groups is 3. The van der Waals surface area contributed by atoms with Crippen LogP contribution in [0.4, 0.5) is 5.69 Å². The maximum absolute atomic E-state index is 13.1. The molecule has 1 aliphatic rings. The molecule has 0 saturated carbocycles. The van der Waals surface area contributed by atoms with E-state index in [0.29, 0.717) is 22.7 Å². The van der Waals surface area contributed by atoms with Crippen LogP contribution < -0.4 is 25.4 Å². The molecule has 0 aliphatic carbocycles. The number of methoxy groups -OCH3 is 1. The van der Waals surface area contributed by atoms with Gasteiger partial charge in [0.25, 0.3) is 17.7 Å². The van der Waals surface area contributed by atoms with Crippen LogP contribution in [0.5, 0.6) is 11.5 Å². The molecule has 0 unspecified atom stereocenters. The van der Waals surface area contributed by atoms with Crippen molar-refractivity contribution in [2.75, 3.05) is 18.6 Å². The van der Waals surface area contributed by atoms with Gasteiger partial charge in [0.05, 0.1) is 12.8 Å². The number of hydrogen-bond acceptors (Lipinski definition) is 6. The van der Waals surface area contributed by atoms with Crippen LogP contribution in [-0.2, 0) is 20.8 Å². The molecule has 0 aromatic heterocycles. The quantitative estimate of drug-likeness (QED) is 0.388. The topological polar surface area (TPSA) is 111 Å². The second-order valence-corrected chi connectivity index (χ2v) is 7.03. The summed E-state index contributed by atoms with van der Waals surface area (Å²) in [4.78, 5) is 37.8. The van der Waals surface area contributed by atoms with Crippen molar-refractivity contribution >= 4 is 46.8 Å². The molecule has 8 nitrogen and oxygen atoms in total. The van der Waals surface area contributed by atoms with E-state index in [0.717, 1.165) is 12.0 Å². The van der Waals surface area contributed by atoms with Gasteiger partial charge in [-0.05, 0) is 60.1 Å². The summed E-state index contributed by atoms with van der Waals surface area (Å²) < 4.78 is 10.6. The van der Waals surface area contributed by atoms with E-state index < -0.39 is 17.7 Å². The number of anilines is 1. The standard InChI is InChI=1S/C22H21N3O5S/c1-3-13-4-7-15(8-5-13)25-21(28)16(20(27)24-22(25)31)10-14-6-9-17(18(11-14)29-2)30-12-19(23)26/h4-11H,3,12H2,1-2H3,(H2,23,26)(H,24,27,31). The number of nitrogens with two attached hydrogens (primary N) is 1. The summed E-state index contributed by atoms with van der Waals surface area (Å²) in [5, 5.41) is 2.57. The van der Waals surface area contributed by atoms with Crippen LogP contribution >= 0.6 is 12.2 Å². The van der Waals surface area contributed by atoms with Crippen LogP contribution in [-0.4, -0.2) is 36.6 Å². The molecular formula is C22H21N3O5S. The molecule has 2 aromatic rings. The second kappa shape index (κ2) is 9.40. The lowest BCUT2D eigenvalue weighted by molar-refractivity contribution is -0.122. The highest BCUT2D eigenvalue weighted by molar-refractivity contribution is 7.80. The Morgan fingerprint density at radius 1 is 1.16 bits per heavy atom. The van der Waals surface area contributed by atoms with Crippen LogP contribution in [0.25, 0.3) is 6.08 Å². The fourth-order valence-corrected chi connectivity index (χ4v) is 3.26. The smallest absolute Gasteiger partial charge is 0.270 e. The Bertz CT molecular complexity index is 1080. The maximum Gasteiger partial charge on any atom is 0.270 e. The van der Waals surface area contributed by atoms with Crippen molar-refractivity contribution in [2.45, 2.75) is 13.3 Å². The average Bonchev–Trinajstić information content (AvgIpc) is 2.75. The monoisotopic (exact) mass is 439 g/mol. The highest BCUT2D eigenvalue weighted by Gasteiger charge is 2.34. The molecule has 0 spiro atoms. The van der Waals surface area contributed by atoms with E-state index in [2.05, 4.69) is 5.32 Å². The van der Waals surface area contributed by atoms with Gasteiger partial charge in [-0.15, -0.1) is 0 Å². The summed E-state index contributed by atoms with van der Waals surface area (Å²) in [5.41, 5.74) is 7.21. The molecule has 0 bridgehead atoms. The van der Waals surface area contributed by atoms with Crippen molar-refractivity contribution in [1.29, 1.82) is 0 Å². The van der Waals surface area contributed by atoms with Crippen LogP contribution in [0.1, 0.15) is 18.1 Å². The number of amides is 3. The van der Waals surface area contributed by atoms with Crippen molar-refractivity contribution in [3.05, 3.63) is 59.2 Å². The molecule has 0 radical (unpaired) electrons. The third-order valence-corrected chi connectivity index (χ3v) is 4.86. The first-order chi connectivity index (χ1) is 14.8. The van der Waals surface area contributed by atoms with Crippen LogP contribution in [0.3, 0.4) is 0 Å². The van der Waals surface area contributed by atoms with Crippen molar-refractivity contribution in [3.8, 4) is 11.5 Å². The van der Waals surface area contributed by atoms with Crippen molar-refractivity contribution in [1.82, 2.24) is 5.32 Å². The van der Waals surface area contributed by atoms with E-state index in [4.69, 9.17) is 27.4 Å². The molecule has 9 heteroatoms. The van der Waals surface area contributed by atoms with Gasteiger partial charge >= 0.3 is 0 Å². The molecule has 160 valence electrons. The number of rotatable bonds is 7. The van der Waals surface area contributed by atoms with Gasteiger partial charge < -0.3 is 15.2 Å². The molecule has 1 aliphatic heterocycles. The normalized spacial score (nSPS) is 15.1. The van der Waals surface area contributed by atoms with Gasteiger partial charge in [-0.25, -0.2) is 0 Å². The number of primary amides is 1. The number of hydrogen-bond donors (Lipinski definition) is 2. The zero-order valence-corrected chi connectivity index (χ0v) is 17.8. The molecule has 2 aromatic carbocycles. The summed E-state index contributed by atoms with van der Waals surface area (Å²) in [6.45, 7) is 1.73. The van der Waals surface area contributed by atoms with Gasteiger partial charge in [-0.1, -0.05) is 25.1 Å². The predicted octanol–water partition coefficient (Wildman–Crippen LogP) is 1.95. The fraction of sp³-hybridized carbons (Fsp3) is 0.182. The number of aryl methyl sites for hydroxylation is 1. The third kappa shape index (κ3) is 4.89. The molecular weight excluding hydrogens is 418 g/mol. The van der Waals surface area contributed by atoms with E-state index in [-0.39, 0.29) is 17.3 Å². The number of benzene rings is 2.